The highest BCUT2D eigenvalue weighted by Crippen LogP contribution is 2.33. The van der Waals surface area contributed by atoms with Gasteiger partial charge < -0.3 is 5.73 Å². The van der Waals surface area contributed by atoms with Gasteiger partial charge >= 0.3 is 0 Å². The Bertz CT molecular complexity index is 339. The molecule has 1 aliphatic carbocycles. The van der Waals surface area contributed by atoms with E-state index in [1.165, 1.54) is 30.6 Å². The molecular formula is C15H26N2S. The van der Waals surface area contributed by atoms with Crippen LogP contribution in [0.1, 0.15) is 50.4 Å². The van der Waals surface area contributed by atoms with E-state index >= 15 is 0 Å². The average molecular weight is 266 g/mol. The first-order chi connectivity index (χ1) is 8.59. The van der Waals surface area contributed by atoms with Gasteiger partial charge in [-0.15, -0.1) is 11.3 Å². The zero-order chi connectivity index (χ0) is 13.1. The Morgan fingerprint density at radius 3 is 2.50 bits per heavy atom. The van der Waals surface area contributed by atoms with Crippen molar-refractivity contribution >= 4 is 11.3 Å². The van der Waals surface area contributed by atoms with E-state index in [0.717, 1.165) is 5.92 Å². The van der Waals surface area contributed by atoms with E-state index in [9.17, 15) is 0 Å². The number of rotatable bonds is 4. The van der Waals surface area contributed by atoms with Crippen LogP contribution in [0.5, 0.6) is 0 Å². The van der Waals surface area contributed by atoms with Crippen molar-refractivity contribution in [3.8, 4) is 0 Å². The molecule has 2 atom stereocenters. The Morgan fingerprint density at radius 2 is 2.00 bits per heavy atom. The standard InChI is InChI=1S/C15H26N2S/c1-11-6-8-13(9-7-11)17(3)15(12(2)16)14-5-4-10-18-14/h4-5,10-13,15H,6-9,16H2,1-3H3. The minimum absolute atomic E-state index is 0.188. The Labute approximate surface area is 115 Å². The molecule has 0 bridgehead atoms. The van der Waals surface area contributed by atoms with E-state index in [0.29, 0.717) is 12.1 Å². The van der Waals surface area contributed by atoms with Crippen LogP contribution < -0.4 is 5.73 Å². The van der Waals surface area contributed by atoms with E-state index in [1.807, 2.05) is 11.3 Å². The van der Waals surface area contributed by atoms with Gasteiger partial charge in [0.05, 0.1) is 6.04 Å². The molecule has 2 rings (SSSR count). The van der Waals surface area contributed by atoms with E-state index in [1.54, 1.807) is 0 Å². The van der Waals surface area contributed by atoms with Gasteiger partial charge in [0.1, 0.15) is 0 Å². The van der Waals surface area contributed by atoms with Crippen LogP contribution in [0, 0.1) is 5.92 Å². The van der Waals surface area contributed by atoms with Crippen LogP contribution in [0.4, 0.5) is 0 Å². The fourth-order valence-electron chi connectivity index (χ4n) is 3.17. The molecule has 102 valence electrons. The fraction of sp³-hybridized carbons (Fsp3) is 0.733. The molecule has 1 aromatic heterocycles. The zero-order valence-electron chi connectivity index (χ0n) is 11.8. The van der Waals surface area contributed by atoms with Crippen LogP contribution in [0.3, 0.4) is 0 Å². The second-order valence-electron chi connectivity index (χ2n) is 5.90. The van der Waals surface area contributed by atoms with Gasteiger partial charge in [-0.2, -0.15) is 0 Å². The molecule has 1 aromatic rings. The molecule has 0 aliphatic heterocycles. The minimum atomic E-state index is 0.188. The van der Waals surface area contributed by atoms with Crippen molar-refractivity contribution in [1.82, 2.24) is 4.90 Å². The van der Waals surface area contributed by atoms with Gasteiger partial charge in [-0.1, -0.05) is 13.0 Å². The summed E-state index contributed by atoms with van der Waals surface area (Å²) in [6, 6.07) is 5.63. The normalized spacial score (nSPS) is 28.3. The van der Waals surface area contributed by atoms with Gasteiger partial charge in [0.2, 0.25) is 0 Å². The van der Waals surface area contributed by atoms with Crippen molar-refractivity contribution in [3.63, 3.8) is 0 Å². The molecular weight excluding hydrogens is 240 g/mol. The Hall–Kier alpha value is -0.380. The highest BCUT2D eigenvalue weighted by Gasteiger charge is 2.29. The van der Waals surface area contributed by atoms with Gasteiger partial charge in [0.15, 0.2) is 0 Å². The molecule has 0 spiro atoms. The van der Waals surface area contributed by atoms with Crippen LogP contribution in [0.15, 0.2) is 17.5 Å². The molecule has 2 nitrogen and oxygen atoms in total. The zero-order valence-corrected chi connectivity index (χ0v) is 12.6. The van der Waals surface area contributed by atoms with Crippen molar-refractivity contribution < 1.29 is 0 Å². The molecule has 0 radical (unpaired) electrons. The van der Waals surface area contributed by atoms with Gasteiger partial charge in [-0.3, -0.25) is 4.90 Å². The Kier molecular flexibility index (Phi) is 4.82. The van der Waals surface area contributed by atoms with Gasteiger partial charge in [0, 0.05) is 17.0 Å². The Morgan fingerprint density at radius 1 is 1.33 bits per heavy atom. The number of nitrogens with two attached hydrogens (primary N) is 1. The quantitative estimate of drug-likeness (QED) is 0.901. The van der Waals surface area contributed by atoms with E-state index in [4.69, 9.17) is 5.73 Å². The lowest BCUT2D eigenvalue weighted by atomic mass is 9.86. The summed E-state index contributed by atoms with van der Waals surface area (Å²) in [5.41, 5.74) is 6.23. The van der Waals surface area contributed by atoms with Crippen LogP contribution >= 0.6 is 11.3 Å². The fourth-order valence-corrected chi connectivity index (χ4v) is 4.16. The molecule has 2 N–H and O–H groups in total. The first-order valence-corrected chi connectivity index (χ1v) is 7.98. The third-order valence-electron chi connectivity index (χ3n) is 4.33. The van der Waals surface area contributed by atoms with Crippen molar-refractivity contribution in [3.05, 3.63) is 22.4 Å². The number of hydrogen-bond acceptors (Lipinski definition) is 3. The summed E-state index contributed by atoms with van der Waals surface area (Å²) in [4.78, 5) is 3.94. The maximum absolute atomic E-state index is 6.23. The molecule has 3 heteroatoms. The van der Waals surface area contributed by atoms with Gasteiger partial charge in [0.25, 0.3) is 0 Å². The monoisotopic (exact) mass is 266 g/mol. The summed E-state index contributed by atoms with van der Waals surface area (Å²) in [6.07, 6.45) is 5.38. The third-order valence-corrected chi connectivity index (χ3v) is 5.28. The minimum Gasteiger partial charge on any atom is -0.326 e. The second-order valence-corrected chi connectivity index (χ2v) is 6.88. The summed E-state index contributed by atoms with van der Waals surface area (Å²) in [5.74, 6) is 0.908. The summed E-state index contributed by atoms with van der Waals surface area (Å²) in [6.45, 7) is 4.50. The van der Waals surface area contributed by atoms with Crippen molar-refractivity contribution in [1.29, 1.82) is 0 Å². The molecule has 1 saturated carbocycles. The summed E-state index contributed by atoms with van der Waals surface area (Å²) < 4.78 is 0. The van der Waals surface area contributed by atoms with E-state index < -0.39 is 0 Å². The average Bonchev–Trinajstić information content (AvgIpc) is 2.83. The van der Waals surface area contributed by atoms with Gasteiger partial charge in [-0.25, -0.2) is 0 Å². The van der Waals surface area contributed by atoms with Crippen molar-refractivity contribution in [2.75, 3.05) is 7.05 Å². The maximum atomic E-state index is 6.23. The predicted octanol–water partition coefficient (Wildman–Crippen LogP) is 3.65. The smallest absolute Gasteiger partial charge is 0.0590 e. The highest BCUT2D eigenvalue weighted by molar-refractivity contribution is 7.10. The first-order valence-electron chi connectivity index (χ1n) is 7.10. The van der Waals surface area contributed by atoms with Crippen LogP contribution in [-0.2, 0) is 0 Å². The maximum Gasteiger partial charge on any atom is 0.0590 e. The molecule has 2 unspecified atom stereocenters. The number of likely N-dealkylation sites (N-methyl/N-ethyl adjacent to an activating group) is 1. The highest BCUT2D eigenvalue weighted by atomic mass is 32.1. The van der Waals surface area contributed by atoms with Gasteiger partial charge in [-0.05, 0) is 57.0 Å². The van der Waals surface area contributed by atoms with Crippen molar-refractivity contribution in [2.24, 2.45) is 11.7 Å². The van der Waals surface area contributed by atoms with E-state index in [2.05, 4.69) is 43.3 Å². The summed E-state index contributed by atoms with van der Waals surface area (Å²) >= 11 is 1.83. The summed E-state index contributed by atoms with van der Waals surface area (Å²) in [5, 5.41) is 2.15. The number of hydrogen-bond donors (Lipinski definition) is 1. The van der Waals surface area contributed by atoms with Crippen LogP contribution in [0.2, 0.25) is 0 Å². The lowest BCUT2D eigenvalue weighted by Gasteiger charge is -2.39. The summed E-state index contributed by atoms with van der Waals surface area (Å²) in [7, 11) is 2.26. The van der Waals surface area contributed by atoms with Crippen LogP contribution in [-0.4, -0.2) is 24.0 Å². The molecule has 1 heterocycles. The SMILES string of the molecule is CC1CCC(N(C)C(c2cccs2)C(C)N)CC1. The predicted molar refractivity (Wildman–Crippen MR) is 79.9 cm³/mol. The molecule has 18 heavy (non-hydrogen) atoms. The molecule has 1 fully saturated rings. The van der Waals surface area contributed by atoms with E-state index in [-0.39, 0.29) is 6.04 Å². The number of thiophene rings is 1. The molecule has 0 aromatic carbocycles. The number of nitrogens with zero attached hydrogens (tertiary/aromatic N) is 1. The third kappa shape index (κ3) is 3.14. The Balaban J connectivity index is 2.07. The molecule has 0 saturated heterocycles. The van der Waals surface area contributed by atoms with Crippen LogP contribution in [0.25, 0.3) is 0 Å². The molecule has 1 aliphatic rings. The second kappa shape index (κ2) is 6.18. The topological polar surface area (TPSA) is 29.3 Å². The first kappa shape index (κ1) is 14.0. The largest absolute Gasteiger partial charge is 0.326 e. The molecule has 0 amide bonds. The lowest BCUT2D eigenvalue weighted by molar-refractivity contribution is 0.113. The van der Waals surface area contributed by atoms with Crippen molar-refractivity contribution in [2.45, 2.75) is 57.7 Å². The lowest BCUT2D eigenvalue weighted by Crippen LogP contribution is -2.43.